The molecule has 0 spiro atoms. The highest BCUT2D eigenvalue weighted by molar-refractivity contribution is 4.96. The van der Waals surface area contributed by atoms with Gasteiger partial charge in [-0.1, -0.05) is 6.92 Å². The van der Waals surface area contributed by atoms with Gasteiger partial charge in [-0.05, 0) is 19.8 Å². The summed E-state index contributed by atoms with van der Waals surface area (Å²) in [4.78, 5) is 1.96. The summed E-state index contributed by atoms with van der Waals surface area (Å²) in [5.74, 6) is 1.75. The average molecular weight is 256 g/mol. The van der Waals surface area contributed by atoms with Crippen LogP contribution < -0.4 is 0 Å². The Hall–Kier alpha value is -1.01. The van der Waals surface area contributed by atoms with Gasteiger partial charge in [0.15, 0.2) is 0 Å². The molecule has 0 amide bonds. The van der Waals surface area contributed by atoms with Crippen molar-refractivity contribution in [1.29, 1.82) is 0 Å². The van der Waals surface area contributed by atoms with Crippen LogP contribution in [0.1, 0.15) is 31.4 Å². The molecule has 1 aromatic rings. The molecule has 1 N–H and O–H groups in total. The normalized spacial score (nSPS) is 24.9. The fraction of sp³-hybridized carbons (Fsp3) is 0.833. The summed E-state index contributed by atoms with van der Waals surface area (Å²) in [5.41, 5.74) is 0. The number of alkyl halides is 1. The molecule has 2 rings (SSSR count). The van der Waals surface area contributed by atoms with E-state index in [-0.39, 0.29) is 12.6 Å². The lowest BCUT2D eigenvalue weighted by Crippen LogP contribution is -2.33. The smallest absolute Gasteiger partial charge is 0.147 e. The van der Waals surface area contributed by atoms with E-state index in [2.05, 4.69) is 21.7 Å². The Bertz CT molecular complexity index is 395. The number of aromatic nitrogens is 3. The highest BCUT2D eigenvalue weighted by Gasteiger charge is 2.32. The van der Waals surface area contributed by atoms with Crippen LogP contribution in [0.2, 0.25) is 0 Å². The van der Waals surface area contributed by atoms with Crippen molar-refractivity contribution in [2.75, 3.05) is 13.2 Å². The number of aliphatic hydroxyl groups is 1. The van der Waals surface area contributed by atoms with Crippen LogP contribution in [-0.2, 0) is 13.1 Å². The molecular weight excluding hydrogens is 235 g/mol. The van der Waals surface area contributed by atoms with Crippen molar-refractivity contribution in [3.63, 3.8) is 0 Å². The number of hydrogen-bond donors (Lipinski definition) is 1. The van der Waals surface area contributed by atoms with Crippen LogP contribution in [0.25, 0.3) is 0 Å². The lowest BCUT2D eigenvalue weighted by Gasteiger charge is -2.21. The minimum Gasteiger partial charge on any atom is -0.395 e. The van der Waals surface area contributed by atoms with E-state index in [1.807, 2.05) is 11.8 Å². The Labute approximate surface area is 107 Å². The molecule has 0 saturated carbocycles. The summed E-state index contributed by atoms with van der Waals surface area (Å²) in [6.07, 6.45) is 0.587. The number of rotatable bonds is 5. The van der Waals surface area contributed by atoms with Gasteiger partial charge >= 0.3 is 0 Å². The molecule has 5 nitrogen and oxygen atoms in total. The number of halogens is 1. The first-order valence-electron chi connectivity index (χ1n) is 6.53. The van der Waals surface area contributed by atoms with Crippen LogP contribution in [0.5, 0.6) is 0 Å². The molecule has 102 valence electrons. The molecule has 1 aliphatic heterocycles. The van der Waals surface area contributed by atoms with Gasteiger partial charge in [0.25, 0.3) is 0 Å². The second-order valence-electron chi connectivity index (χ2n) is 4.91. The first kappa shape index (κ1) is 13.4. The summed E-state index contributed by atoms with van der Waals surface area (Å²) in [5, 5.41) is 17.5. The van der Waals surface area contributed by atoms with Gasteiger partial charge in [-0.2, -0.15) is 0 Å². The lowest BCUT2D eigenvalue weighted by atomic mass is 10.2. The van der Waals surface area contributed by atoms with Crippen molar-refractivity contribution in [2.45, 2.75) is 52.0 Å². The van der Waals surface area contributed by atoms with E-state index in [4.69, 9.17) is 0 Å². The first-order valence-corrected chi connectivity index (χ1v) is 6.53. The van der Waals surface area contributed by atoms with E-state index in [9.17, 15) is 9.50 Å². The standard InChI is InChI=1S/C12H21FN4O/c1-3-4-17-9(2)14-15-12(17)7-16-6-10(13)5-11(16)8-18/h10-11,18H,3-8H2,1-2H3/t10-,11-/m0/s1. The molecule has 1 fully saturated rings. The third-order valence-corrected chi connectivity index (χ3v) is 3.49. The summed E-state index contributed by atoms with van der Waals surface area (Å²) < 4.78 is 15.4. The van der Waals surface area contributed by atoms with E-state index in [1.165, 1.54) is 0 Å². The molecule has 18 heavy (non-hydrogen) atoms. The summed E-state index contributed by atoms with van der Waals surface area (Å²) in [6.45, 7) is 5.85. The Balaban J connectivity index is 2.09. The second-order valence-corrected chi connectivity index (χ2v) is 4.91. The third-order valence-electron chi connectivity index (χ3n) is 3.49. The quantitative estimate of drug-likeness (QED) is 0.850. The molecule has 0 bridgehead atoms. The average Bonchev–Trinajstić information content (AvgIpc) is 2.86. The molecule has 0 aromatic carbocycles. The van der Waals surface area contributed by atoms with Crippen molar-refractivity contribution in [3.05, 3.63) is 11.6 Å². The van der Waals surface area contributed by atoms with E-state index in [0.29, 0.717) is 19.5 Å². The number of nitrogens with zero attached hydrogens (tertiary/aromatic N) is 4. The molecule has 6 heteroatoms. The maximum Gasteiger partial charge on any atom is 0.147 e. The Morgan fingerprint density at radius 3 is 2.89 bits per heavy atom. The van der Waals surface area contributed by atoms with Crippen molar-refractivity contribution in [2.24, 2.45) is 0 Å². The van der Waals surface area contributed by atoms with Crippen LogP contribution >= 0.6 is 0 Å². The summed E-state index contributed by atoms with van der Waals surface area (Å²) in [7, 11) is 0. The van der Waals surface area contributed by atoms with Crippen molar-refractivity contribution in [3.8, 4) is 0 Å². The monoisotopic (exact) mass is 256 g/mol. The second kappa shape index (κ2) is 5.75. The van der Waals surface area contributed by atoms with Gasteiger partial charge in [0, 0.05) is 19.1 Å². The fourth-order valence-corrected chi connectivity index (χ4v) is 2.54. The zero-order valence-electron chi connectivity index (χ0n) is 11.0. The molecule has 1 aliphatic rings. The highest BCUT2D eigenvalue weighted by atomic mass is 19.1. The van der Waals surface area contributed by atoms with Crippen LogP contribution in [0.4, 0.5) is 4.39 Å². The number of aliphatic hydroxyl groups excluding tert-OH is 1. The van der Waals surface area contributed by atoms with Crippen molar-refractivity contribution in [1.82, 2.24) is 19.7 Å². The molecule has 0 radical (unpaired) electrons. The molecule has 1 saturated heterocycles. The molecule has 2 heterocycles. The first-order chi connectivity index (χ1) is 8.65. The maximum absolute atomic E-state index is 13.4. The van der Waals surface area contributed by atoms with E-state index in [1.54, 1.807) is 0 Å². The van der Waals surface area contributed by atoms with Crippen molar-refractivity contribution >= 4 is 0 Å². The van der Waals surface area contributed by atoms with Crippen LogP contribution in [0.15, 0.2) is 0 Å². The predicted octanol–water partition coefficient (Wildman–Crippen LogP) is 0.901. The predicted molar refractivity (Wildman–Crippen MR) is 65.8 cm³/mol. The zero-order chi connectivity index (χ0) is 13.1. The Morgan fingerprint density at radius 2 is 2.22 bits per heavy atom. The van der Waals surface area contributed by atoms with Gasteiger partial charge in [-0.25, -0.2) is 4.39 Å². The van der Waals surface area contributed by atoms with Gasteiger partial charge in [0.1, 0.15) is 17.8 Å². The van der Waals surface area contributed by atoms with Crippen LogP contribution in [-0.4, -0.2) is 50.1 Å². The van der Waals surface area contributed by atoms with Gasteiger partial charge < -0.3 is 9.67 Å². The summed E-state index contributed by atoms with van der Waals surface area (Å²) in [6, 6.07) is -0.0907. The molecule has 2 atom stereocenters. The Kier molecular flexibility index (Phi) is 4.29. The Morgan fingerprint density at radius 1 is 1.44 bits per heavy atom. The number of aryl methyl sites for hydroxylation is 1. The van der Waals surface area contributed by atoms with Gasteiger partial charge in [-0.15, -0.1) is 10.2 Å². The van der Waals surface area contributed by atoms with Crippen molar-refractivity contribution < 1.29 is 9.50 Å². The molecule has 0 unspecified atom stereocenters. The van der Waals surface area contributed by atoms with Crippen LogP contribution in [0, 0.1) is 6.92 Å². The number of likely N-dealkylation sites (tertiary alicyclic amines) is 1. The van der Waals surface area contributed by atoms with E-state index < -0.39 is 6.17 Å². The number of hydrogen-bond acceptors (Lipinski definition) is 4. The van der Waals surface area contributed by atoms with Gasteiger partial charge in [0.2, 0.25) is 0 Å². The molecule has 0 aliphatic carbocycles. The lowest BCUT2D eigenvalue weighted by molar-refractivity contribution is 0.149. The van der Waals surface area contributed by atoms with Gasteiger partial charge in [-0.3, -0.25) is 4.90 Å². The van der Waals surface area contributed by atoms with Gasteiger partial charge in [0.05, 0.1) is 13.2 Å². The van der Waals surface area contributed by atoms with E-state index >= 15 is 0 Å². The minimum absolute atomic E-state index is 0.00131. The third kappa shape index (κ3) is 2.70. The molecule has 1 aromatic heterocycles. The molecular formula is C12H21FN4O. The van der Waals surface area contributed by atoms with Crippen LogP contribution in [0.3, 0.4) is 0 Å². The fourth-order valence-electron chi connectivity index (χ4n) is 2.54. The minimum atomic E-state index is -0.842. The zero-order valence-corrected chi connectivity index (χ0v) is 11.0. The van der Waals surface area contributed by atoms with E-state index in [0.717, 1.165) is 24.6 Å². The highest BCUT2D eigenvalue weighted by Crippen LogP contribution is 2.22. The topological polar surface area (TPSA) is 54.2 Å². The largest absolute Gasteiger partial charge is 0.395 e. The SMILES string of the molecule is CCCn1c(C)nnc1CN1C[C@@H](F)C[C@H]1CO. The maximum atomic E-state index is 13.4. The summed E-state index contributed by atoms with van der Waals surface area (Å²) >= 11 is 0.